The molecule has 0 atom stereocenters. The lowest BCUT2D eigenvalue weighted by atomic mass is 10.3. The summed E-state index contributed by atoms with van der Waals surface area (Å²) in [4.78, 5) is 18.4. The van der Waals surface area contributed by atoms with Crippen LogP contribution < -0.4 is 5.32 Å². The third-order valence-electron chi connectivity index (χ3n) is 2.18. The quantitative estimate of drug-likeness (QED) is 0.687. The van der Waals surface area contributed by atoms with E-state index in [0.717, 1.165) is 26.0 Å². The van der Waals surface area contributed by atoms with E-state index in [1.165, 1.54) is 12.4 Å². The number of hydrogen-bond donors (Lipinski definition) is 2. The van der Waals surface area contributed by atoms with Gasteiger partial charge in [-0.1, -0.05) is 0 Å². The van der Waals surface area contributed by atoms with E-state index in [9.17, 15) is 4.79 Å². The molecule has 18 heavy (non-hydrogen) atoms. The first kappa shape index (κ1) is 14.4. The summed E-state index contributed by atoms with van der Waals surface area (Å²) in [6.45, 7) is 5.47. The van der Waals surface area contributed by atoms with Gasteiger partial charge in [0, 0.05) is 13.2 Å². The van der Waals surface area contributed by atoms with Crippen molar-refractivity contribution in [2.75, 3.05) is 18.5 Å². The summed E-state index contributed by atoms with van der Waals surface area (Å²) in [6, 6.07) is 0. The molecule has 0 amide bonds. The number of unbranched alkanes of at least 4 members (excludes halogenated alkanes) is 1. The summed E-state index contributed by atoms with van der Waals surface area (Å²) in [5.41, 5.74) is -0.0526. The molecule has 0 saturated carbocycles. The topological polar surface area (TPSA) is 84.3 Å². The second-order valence-electron chi connectivity index (χ2n) is 4.15. The molecule has 0 aliphatic carbocycles. The van der Waals surface area contributed by atoms with Crippen molar-refractivity contribution in [1.29, 1.82) is 0 Å². The predicted molar refractivity (Wildman–Crippen MR) is 67.8 cm³/mol. The number of rotatable bonds is 8. The average molecular weight is 253 g/mol. The maximum atomic E-state index is 10.7. The van der Waals surface area contributed by atoms with Crippen LogP contribution in [0.2, 0.25) is 0 Å². The van der Waals surface area contributed by atoms with Crippen molar-refractivity contribution in [2.45, 2.75) is 32.8 Å². The molecule has 6 nitrogen and oxygen atoms in total. The SMILES string of the molecule is CC(C)OCCCCNc1cncc(C(=O)O)n1. The third kappa shape index (κ3) is 5.58. The van der Waals surface area contributed by atoms with Gasteiger partial charge in [-0.05, 0) is 26.7 Å². The van der Waals surface area contributed by atoms with E-state index < -0.39 is 5.97 Å². The van der Waals surface area contributed by atoms with Crippen molar-refractivity contribution in [3.63, 3.8) is 0 Å². The minimum absolute atomic E-state index is 0.0526. The summed E-state index contributed by atoms with van der Waals surface area (Å²) in [5.74, 6) is -0.587. The summed E-state index contributed by atoms with van der Waals surface area (Å²) >= 11 is 0. The van der Waals surface area contributed by atoms with E-state index in [1.807, 2.05) is 13.8 Å². The minimum Gasteiger partial charge on any atom is -0.476 e. The van der Waals surface area contributed by atoms with E-state index in [2.05, 4.69) is 15.3 Å². The normalized spacial score (nSPS) is 10.6. The van der Waals surface area contributed by atoms with Crippen molar-refractivity contribution in [2.24, 2.45) is 0 Å². The minimum atomic E-state index is -1.07. The van der Waals surface area contributed by atoms with Crippen molar-refractivity contribution >= 4 is 11.8 Å². The van der Waals surface area contributed by atoms with Gasteiger partial charge in [0.1, 0.15) is 5.82 Å². The van der Waals surface area contributed by atoms with Gasteiger partial charge in [0.2, 0.25) is 0 Å². The Kier molecular flexibility index (Phi) is 6.07. The Morgan fingerprint density at radius 2 is 2.22 bits per heavy atom. The van der Waals surface area contributed by atoms with Gasteiger partial charge in [-0.25, -0.2) is 9.78 Å². The molecule has 0 fully saturated rings. The highest BCUT2D eigenvalue weighted by Gasteiger charge is 2.05. The first-order valence-electron chi connectivity index (χ1n) is 6.00. The molecule has 2 N–H and O–H groups in total. The number of ether oxygens (including phenoxy) is 1. The van der Waals surface area contributed by atoms with Crippen LogP contribution in [0.25, 0.3) is 0 Å². The maximum absolute atomic E-state index is 10.7. The standard InChI is InChI=1S/C12H19N3O3/c1-9(2)18-6-4-3-5-14-11-8-13-7-10(15-11)12(16)17/h7-9H,3-6H2,1-2H3,(H,14,15)(H,16,17). The van der Waals surface area contributed by atoms with Crippen molar-refractivity contribution < 1.29 is 14.6 Å². The number of hydrogen-bond acceptors (Lipinski definition) is 5. The van der Waals surface area contributed by atoms with Crippen LogP contribution in [0.1, 0.15) is 37.2 Å². The Morgan fingerprint density at radius 3 is 2.89 bits per heavy atom. The van der Waals surface area contributed by atoms with Crippen LogP contribution in [0.5, 0.6) is 0 Å². The Morgan fingerprint density at radius 1 is 1.44 bits per heavy atom. The maximum Gasteiger partial charge on any atom is 0.356 e. The highest BCUT2D eigenvalue weighted by atomic mass is 16.5. The Labute approximate surface area is 106 Å². The van der Waals surface area contributed by atoms with Crippen LogP contribution in [0.3, 0.4) is 0 Å². The Balaban J connectivity index is 2.23. The molecule has 0 radical (unpaired) electrons. The molecule has 1 aromatic heterocycles. The fourth-order valence-corrected chi connectivity index (χ4v) is 1.32. The van der Waals surface area contributed by atoms with Gasteiger partial charge >= 0.3 is 5.97 Å². The van der Waals surface area contributed by atoms with Crippen molar-refractivity contribution in [1.82, 2.24) is 9.97 Å². The van der Waals surface area contributed by atoms with Gasteiger partial charge in [-0.2, -0.15) is 0 Å². The van der Waals surface area contributed by atoms with Gasteiger partial charge in [-0.15, -0.1) is 0 Å². The van der Waals surface area contributed by atoms with Gasteiger partial charge in [-0.3, -0.25) is 4.98 Å². The molecule has 0 bridgehead atoms. The summed E-state index contributed by atoms with van der Waals surface area (Å²) in [5, 5.41) is 11.8. The van der Waals surface area contributed by atoms with E-state index in [-0.39, 0.29) is 11.8 Å². The molecule has 1 aromatic rings. The Hall–Kier alpha value is -1.69. The number of aromatic nitrogens is 2. The molecule has 1 heterocycles. The lowest BCUT2D eigenvalue weighted by Gasteiger charge is -2.08. The van der Waals surface area contributed by atoms with Crippen LogP contribution in [0, 0.1) is 0 Å². The molecule has 6 heteroatoms. The molecular weight excluding hydrogens is 234 g/mol. The van der Waals surface area contributed by atoms with Crippen LogP contribution in [0.4, 0.5) is 5.82 Å². The highest BCUT2D eigenvalue weighted by molar-refractivity contribution is 5.85. The monoisotopic (exact) mass is 253 g/mol. The molecule has 0 unspecified atom stereocenters. The molecule has 0 spiro atoms. The molecule has 0 saturated heterocycles. The molecule has 1 rings (SSSR count). The average Bonchev–Trinajstić information content (AvgIpc) is 2.33. The van der Waals surface area contributed by atoms with Gasteiger partial charge in [0.05, 0.1) is 18.5 Å². The van der Waals surface area contributed by atoms with E-state index in [4.69, 9.17) is 9.84 Å². The number of aromatic carboxylic acids is 1. The van der Waals surface area contributed by atoms with Crippen molar-refractivity contribution in [3.8, 4) is 0 Å². The van der Waals surface area contributed by atoms with Crippen molar-refractivity contribution in [3.05, 3.63) is 18.1 Å². The van der Waals surface area contributed by atoms with E-state index in [1.54, 1.807) is 0 Å². The molecule has 0 aliphatic rings. The van der Waals surface area contributed by atoms with E-state index in [0.29, 0.717) is 5.82 Å². The molecule has 0 aliphatic heterocycles. The van der Waals surface area contributed by atoms with Crippen LogP contribution in [0.15, 0.2) is 12.4 Å². The lowest BCUT2D eigenvalue weighted by Crippen LogP contribution is -2.09. The Bertz CT molecular complexity index is 383. The second-order valence-corrected chi connectivity index (χ2v) is 4.15. The highest BCUT2D eigenvalue weighted by Crippen LogP contribution is 2.03. The summed E-state index contributed by atoms with van der Waals surface area (Å²) in [7, 11) is 0. The zero-order valence-electron chi connectivity index (χ0n) is 10.7. The van der Waals surface area contributed by atoms with Gasteiger partial charge < -0.3 is 15.2 Å². The first-order valence-corrected chi connectivity index (χ1v) is 6.00. The zero-order chi connectivity index (χ0) is 13.4. The van der Waals surface area contributed by atoms with Crippen LogP contribution in [-0.4, -0.2) is 40.3 Å². The number of anilines is 1. The lowest BCUT2D eigenvalue weighted by molar-refractivity contribution is 0.0690. The second kappa shape index (κ2) is 7.60. The number of nitrogens with zero attached hydrogens (tertiary/aromatic N) is 2. The van der Waals surface area contributed by atoms with Gasteiger partial charge in [0.15, 0.2) is 5.69 Å². The molecular formula is C12H19N3O3. The molecule has 0 aromatic carbocycles. The van der Waals surface area contributed by atoms with Gasteiger partial charge in [0.25, 0.3) is 0 Å². The van der Waals surface area contributed by atoms with E-state index >= 15 is 0 Å². The first-order chi connectivity index (χ1) is 8.59. The largest absolute Gasteiger partial charge is 0.476 e. The summed E-state index contributed by atoms with van der Waals surface area (Å²) < 4.78 is 5.41. The fraction of sp³-hybridized carbons (Fsp3) is 0.583. The fourth-order valence-electron chi connectivity index (χ4n) is 1.32. The zero-order valence-corrected chi connectivity index (χ0v) is 10.7. The van der Waals surface area contributed by atoms with Crippen LogP contribution in [-0.2, 0) is 4.74 Å². The molecule has 100 valence electrons. The number of carboxylic acids is 1. The number of carboxylic acid groups (broad SMARTS) is 1. The third-order valence-corrected chi connectivity index (χ3v) is 2.18. The smallest absolute Gasteiger partial charge is 0.356 e. The predicted octanol–water partition coefficient (Wildman–Crippen LogP) is 1.79. The number of nitrogens with one attached hydrogen (secondary N) is 1. The summed E-state index contributed by atoms with van der Waals surface area (Å²) in [6.07, 6.45) is 4.89. The van der Waals surface area contributed by atoms with Crippen LogP contribution >= 0.6 is 0 Å². The number of carbonyl (C=O) groups is 1.